The van der Waals surface area contributed by atoms with Gasteiger partial charge in [0.05, 0.1) is 10.7 Å². The lowest BCUT2D eigenvalue weighted by molar-refractivity contribution is -0.0494. The van der Waals surface area contributed by atoms with Gasteiger partial charge in [0.2, 0.25) is 0 Å². The first kappa shape index (κ1) is 19.7. The zero-order valence-corrected chi connectivity index (χ0v) is 15.5. The van der Waals surface area contributed by atoms with E-state index in [1.54, 1.807) is 43.3 Å². The van der Waals surface area contributed by atoms with Gasteiger partial charge < -0.3 is 19.2 Å². The van der Waals surface area contributed by atoms with Crippen LogP contribution in [0.4, 0.5) is 14.5 Å². The Morgan fingerprint density at radius 2 is 1.93 bits per heavy atom. The predicted octanol–water partition coefficient (Wildman–Crippen LogP) is 5.67. The maximum Gasteiger partial charge on any atom is 0.387 e. The number of halogens is 3. The molecule has 0 spiro atoms. The third-order valence-corrected chi connectivity index (χ3v) is 4.01. The summed E-state index contributed by atoms with van der Waals surface area (Å²) in [5, 5.41) is 2.96. The molecule has 0 saturated heterocycles. The molecular weight excluding hydrogens is 392 g/mol. The van der Waals surface area contributed by atoms with Crippen LogP contribution in [0.15, 0.2) is 59.0 Å². The minimum atomic E-state index is -3.00. The molecule has 0 saturated carbocycles. The summed E-state index contributed by atoms with van der Waals surface area (Å²) in [5.41, 5.74) is 0.826. The first-order chi connectivity index (χ1) is 13.4. The van der Waals surface area contributed by atoms with Crippen molar-refractivity contribution >= 4 is 23.2 Å². The molecule has 3 rings (SSSR count). The molecule has 0 bridgehead atoms. The van der Waals surface area contributed by atoms with Crippen LogP contribution in [0.2, 0.25) is 5.02 Å². The number of aryl methyl sites for hydroxylation is 1. The Hall–Kier alpha value is -3.06. The molecule has 5 nitrogen and oxygen atoms in total. The van der Waals surface area contributed by atoms with E-state index >= 15 is 0 Å². The molecule has 0 aliphatic rings. The fraction of sp³-hybridized carbons (Fsp3) is 0.150. The van der Waals surface area contributed by atoms with Crippen LogP contribution in [0.1, 0.15) is 21.9 Å². The molecule has 1 aromatic heterocycles. The molecule has 0 fully saturated rings. The summed E-state index contributed by atoms with van der Waals surface area (Å²) in [5.74, 6) is 0.156. The number of carbonyl (C=O) groups excluding carboxylic acids is 1. The van der Waals surface area contributed by atoms with Crippen molar-refractivity contribution in [1.29, 1.82) is 0 Å². The normalized spacial score (nSPS) is 10.8. The first-order valence-corrected chi connectivity index (χ1v) is 8.63. The zero-order valence-electron chi connectivity index (χ0n) is 14.7. The molecule has 3 aromatic rings. The average Bonchev–Trinajstić information content (AvgIpc) is 3.12. The van der Waals surface area contributed by atoms with E-state index in [1.165, 1.54) is 18.2 Å². The summed E-state index contributed by atoms with van der Waals surface area (Å²) in [6.45, 7) is -1.21. The van der Waals surface area contributed by atoms with E-state index in [1.807, 2.05) is 0 Å². The van der Waals surface area contributed by atoms with Gasteiger partial charge in [-0.1, -0.05) is 29.8 Å². The standard InChI is InChI=1S/C20H16ClF2NO4/c1-12-6-8-15(18(10-12)28-20(22)23)24-19(25)17-9-7-13(27-17)11-26-16-5-3-2-4-14(16)21/h2-10,20H,11H2,1H3,(H,24,25). The van der Waals surface area contributed by atoms with E-state index in [0.717, 1.165) is 0 Å². The third-order valence-electron chi connectivity index (χ3n) is 3.69. The quantitative estimate of drug-likeness (QED) is 0.547. The number of hydrogen-bond acceptors (Lipinski definition) is 4. The predicted molar refractivity (Wildman–Crippen MR) is 100 cm³/mol. The number of alkyl halides is 2. The summed E-state index contributed by atoms with van der Waals surface area (Å²) in [6.07, 6.45) is 0. The minimum Gasteiger partial charge on any atom is -0.484 e. The lowest BCUT2D eigenvalue weighted by Crippen LogP contribution is -2.13. The van der Waals surface area contributed by atoms with Crippen molar-refractivity contribution in [2.45, 2.75) is 20.1 Å². The summed E-state index contributed by atoms with van der Waals surface area (Å²) in [7, 11) is 0. The lowest BCUT2D eigenvalue weighted by atomic mass is 10.2. The number of carbonyl (C=O) groups is 1. The second kappa shape index (κ2) is 8.75. The smallest absolute Gasteiger partial charge is 0.387 e. The fourth-order valence-electron chi connectivity index (χ4n) is 2.40. The molecule has 2 aromatic carbocycles. The molecule has 0 aliphatic heterocycles. The highest BCUT2D eigenvalue weighted by Crippen LogP contribution is 2.28. The molecule has 0 aliphatic carbocycles. The molecule has 1 heterocycles. The van der Waals surface area contributed by atoms with Crippen LogP contribution in [0.5, 0.6) is 11.5 Å². The van der Waals surface area contributed by atoms with Crippen molar-refractivity contribution in [3.8, 4) is 11.5 Å². The molecule has 1 N–H and O–H groups in total. The van der Waals surface area contributed by atoms with Crippen LogP contribution in [-0.2, 0) is 6.61 Å². The van der Waals surface area contributed by atoms with Crippen LogP contribution in [0, 0.1) is 6.92 Å². The Bertz CT molecular complexity index is 974. The van der Waals surface area contributed by atoms with Crippen LogP contribution in [0.3, 0.4) is 0 Å². The van der Waals surface area contributed by atoms with Gasteiger partial charge >= 0.3 is 6.61 Å². The largest absolute Gasteiger partial charge is 0.484 e. The number of para-hydroxylation sites is 1. The maximum atomic E-state index is 12.6. The SMILES string of the molecule is Cc1ccc(NC(=O)c2ccc(COc3ccccc3Cl)o2)c(OC(F)F)c1. The number of benzene rings is 2. The number of anilines is 1. The Kier molecular flexibility index (Phi) is 6.16. The second-order valence-corrected chi connectivity index (χ2v) is 6.22. The van der Waals surface area contributed by atoms with Crippen LogP contribution < -0.4 is 14.8 Å². The van der Waals surface area contributed by atoms with E-state index in [4.69, 9.17) is 20.8 Å². The van der Waals surface area contributed by atoms with Gasteiger partial charge in [-0.15, -0.1) is 0 Å². The number of amides is 1. The van der Waals surface area contributed by atoms with Gasteiger partial charge in [0.15, 0.2) is 5.76 Å². The number of nitrogens with one attached hydrogen (secondary N) is 1. The van der Waals surface area contributed by atoms with Crippen molar-refractivity contribution in [2.24, 2.45) is 0 Å². The number of ether oxygens (including phenoxy) is 2. The molecule has 28 heavy (non-hydrogen) atoms. The summed E-state index contributed by atoms with van der Waals surface area (Å²) in [4.78, 5) is 12.4. The minimum absolute atomic E-state index is 0.00123. The van der Waals surface area contributed by atoms with Crippen molar-refractivity contribution in [3.05, 3.63) is 76.7 Å². The van der Waals surface area contributed by atoms with E-state index in [-0.39, 0.29) is 23.8 Å². The van der Waals surface area contributed by atoms with Crippen LogP contribution >= 0.6 is 11.6 Å². The van der Waals surface area contributed by atoms with Gasteiger partial charge in [-0.2, -0.15) is 8.78 Å². The highest BCUT2D eigenvalue weighted by atomic mass is 35.5. The van der Waals surface area contributed by atoms with Gasteiger partial charge in [0, 0.05) is 0 Å². The second-order valence-electron chi connectivity index (χ2n) is 5.82. The molecule has 0 atom stereocenters. The topological polar surface area (TPSA) is 60.7 Å². The van der Waals surface area contributed by atoms with Gasteiger partial charge in [-0.25, -0.2) is 0 Å². The zero-order chi connectivity index (χ0) is 20.1. The van der Waals surface area contributed by atoms with Crippen LogP contribution in [0.25, 0.3) is 0 Å². The Balaban J connectivity index is 1.67. The van der Waals surface area contributed by atoms with E-state index in [2.05, 4.69) is 10.1 Å². The van der Waals surface area contributed by atoms with Crippen LogP contribution in [-0.4, -0.2) is 12.5 Å². The molecule has 146 valence electrons. The number of hydrogen-bond donors (Lipinski definition) is 1. The molecule has 0 radical (unpaired) electrons. The van der Waals surface area contributed by atoms with E-state index < -0.39 is 12.5 Å². The number of rotatable bonds is 7. The third kappa shape index (κ3) is 5.01. The van der Waals surface area contributed by atoms with E-state index in [9.17, 15) is 13.6 Å². The number of furan rings is 1. The summed E-state index contributed by atoms with van der Waals surface area (Å²) >= 11 is 6.01. The molecule has 0 unspecified atom stereocenters. The summed E-state index contributed by atoms with van der Waals surface area (Å²) in [6, 6.07) is 14.6. The highest BCUT2D eigenvalue weighted by molar-refractivity contribution is 6.32. The Morgan fingerprint density at radius 3 is 2.68 bits per heavy atom. The van der Waals surface area contributed by atoms with Crippen molar-refractivity contribution in [2.75, 3.05) is 5.32 Å². The van der Waals surface area contributed by atoms with Gasteiger partial charge in [-0.3, -0.25) is 4.79 Å². The molecule has 1 amide bonds. The monoisotopic (exact) mass is 407 g/mol. The van der Waals surface area contributed by atoms with Crippen molar-refractivity contribution < 1.29 is 27.5 Å². The van der Waals surface area contributed by atoms with Gasteiger partial charge in [-0.05, 0) is 48.9 Å². The maximum absolute atomic E-state index is 12.6. The Morgan fingerprint density at radius 1 is 1.14 bits per heavy atom. The lowest BCUT2D eigenvalue weighted by Gasteiger charge is -2.12. The average molecular weight is 408 g/mol. The highest BCUT2D eigenvalue weighted by Gasteiger charge is 2.16. The van der Waals surface area contributed by atoms with E-state index in [0.29, 0.717) is 22.1 Å². The molecular formula is C20H16ClF2NO4. The van der Waals surface area contributed by atoms with Gasteiger partial charge in [0.1, 0.15) is 23.9 Å². The fourth-order valence-corrected chi connectivity index (χ4v) is 2.59. The molecule has 8 heteroatoms. The van der Waals surface area contributed by atoms with Crippen molar-refractivity contribution in [3.63, 3.8) is 0 Å². The van der Waals surface area contributed by atoms with Gasteiger partial charge in [0.25, 0.3) is 5.91 Å². The summed E-state index contributed by atoms with van der Waals surface area (Å²) < 4.78 is 40.6. The van der Waals surface area contributed by atoms with Crippen molar-refractivity contribution in [1.82, 2.24) is 0 Å². The first-order valence-electron chi connectivity index (χ1n) is 8.25. The Labute approximate surface area is 164 Å².